The summed E-state index contributed by atoms with van der Waals surface area (Å²) < 4.78 is 37.8. The highest BCUT2D eigenvalue weighted by Gasteiger charge is 2.45. The van der Waals surface area contributed by atoms with Gasteiger partial charge >= 0.3 is 0 Å². The Bertz CT molecular complexity index is 2530. The Hall–Kier alpha value is -6.02. The fourth-order valence-corrected chi connectivity index (χ4v) is 8.94. The van der Waals surface area contributed by atoms with Crippen LogP contribution in [-0.4, -0.2) is 137 Å². The molecule has 332 valence electrons. The van der Waals surface area contributed by atoms with Gasteiger partial charge in [0.1, 0.15) is 16.8 Å². The number of nitrogens with zero attached hydrogens (tertiary/aromatic N) is 7. The predicted molar refractivity (Wildman–Crippen MR) is 239 cm³/mol. The second-order valence-electron chi connectivity index (χ2n) is 15.8. The van der Waals surface area contributed by atoms with E-state index in [1.165, 1.54) is 17.5 Å². The first-order valence-electron chi connectivity index (χ1n) is 20.7. The number of para-hydroxylation sites is 2. The molecule has 0 spiro atoms. The average Bonchev–Trinajstić information content (AvgIpc) is 3.52. The first kappa shape index (κ1) is 43.6. The highest BCUT2D eigenvalue weighted by molar-refractivity contribution is 7.92. The van der Waals surface area contributed by atoms with Crippen molar-refractivity contribution in [3.8, 4) is 5.75 Å². The number of piperidine rings is 2. The SMILES string of the molecule is COc1cc(N2CCN(CCOC3CCN(c4ccc5c(c4)C(=O)N(C4CCC(=O)NC4=O)C5=O)CC3)CC2)ccc1Nc1ncc(Cl)c(Nc2ccccc2N(C)S(C)(=O)=O)n1. The number of carbonyl (C=O) groups excluding carboxylic acids is 4. The molecular formula is C43H49ClN10O8S. The summed E-state index contributed by atoms with van der Waals surface area (Å²) in [7, 11) is -0.428. The summed E-state index contributed by atoms with van der Waals surface area (Å²) >= 11 is 6.46. The highest BCUT2D eigenvalue weighted by Crippen LogP contribution is 2.36. The van der Waals surface area contributed by atoms with E-state index in [-0.39, 0.29) is 41.0 Å². The van der Waals surface area contributed by atoms with Gasteiger partial charge in [-0.1, -0.05) is 23.7 Å². The van der Waals surface area contributed by atoms with Crippen LogP contribution in [0.5, 0.6) is 5.75 Å². The van der Waals surface area contributed by atoms with Crippen LogP contribution in [0, 0.1) is 0 Å². The van der Waals surface area contributed by atoms with Crippen molar-refractivity contribution in [2.75, 3.05) is 97.6 Å². The van der Waals surface area contributed by atoms with E-state index in [9.17, 15) is 27.6 Å². The van der Waals surface area contributed by atoms with E-state index in [1.807, 2.05) is 24.3 Å². The number of sulfonamides is 1. The molecule has 0 saturated carbocycles. The van der Waals surface area contributed by atoms with E-state index in [0.717, 1.165) is 81.2 Å². The predicted octanol–water partition coefficient (Wildman–Crippen LogP) is 4.23. The van der Waals surface area contributed by atoms with Gasteiger partial charge < -0.3 is 29.9 Å². The van der Waals surface area contributed by atoms with Crippen molar-refractivity contribution in [1.82, 2.24) is 25.1 Å². The summed E-state index contributed by atoms with van der Waals surface area (Å²) in [5.41, 5.74) is 4.02. The van der Waals surface area contributed by atoms with Crippen LogP contribution in [0.2, 0.25) is 5.02 Å². The van der Waals surface area contributed by atoms with Crippen molar-refractivity contribution in [3.05, 3.63) is 83.0 Å². The Balaban J connectivity index is 0.791. The monoisotopic (exact) mass is 900 g/mol. The molecule has 0 bridgehead atoms. The minimum Gasteiger partial charge on any atom is -0.494 e. The van der Waals surface area contributed by atoms with Crippen LogP contribution in [0.3, 0.4) is 0 Å². The van der Waals surface area contributed by atoms with Gasteiger partial charge in [0.15, 0.2) is 5.82 Å². The van der Waals surface area contributed by atoms with Crippen molar-refractivity contribution in [2.24, 2.45) is 0 Å². The molecular weight excluding hydrogens is 852 g/mol. The van der Waals surface area contributed by atoms with Gasteiger partial charge in [-0.2, -0.15) is 4.98 Å². The third-order valence-corrected chi connectivity index (χ3v) is 13.4. The van der Waals surface area contributed by atoms with Gasteiger partial charge in [-0.3, -0.25) is 38.6 Å². The highest BCUT2D eigenvalue weighted by atomic mass is 35.5. The zero-order valence-electron chi connectivity index (χ0n) is 35.2. The third kappa shape index (κ3) is 9.51. The summed E-state index contributed by atoms with van der Waals surface area (Å²) in [4.78, 5) is 67.3. The Kier molecular flexibility index (Phi) is 12.7. The first-order chi connectivity index (χ1) is 30.3. The van der Waals surface area contributed by atoms with Crippen LogP contribution in [-0.2, 0) is 24.3 Å². The lowest BCUT2D eigenvalue weighted by atomic mass is 10.0. The smallest absolute Gasteiger partial charge is 0.262 e. The fourth-order valence-electron chi connectivity index (χ4n) is 8.29. The molecule has 0 radical (unpaired) electrons. The molecule has 4 aromatic rings. The molecule has 8 rings (SSSR count). The number of imide groups is 2. The van der Waals surface area contributed by atoms with E-state index in [1.54, 1.807) is 43.5 Å². The number of benzene rings is 3. The number of fused-ring (bicyclic) bond motifs is 1. The van der Waals surface area contributed by atoms with Gasteiger partial charge in [-0.15, -0.1) is 0 Å². The number of halogens is 1. The lowest BCUT2D eigenvalue weighted by Crippen LogP contribution is -2.54. The van der Waals surface area contributed by atoms with E-state index >= 15 is 0 Å². The number of rotatable bonds is 14. The quantitative estimate of drug-likeness (QED) is 0.152. The second-order valence-corrected chi connectivity index (χ2v) is 18.3. The fraction of sp³-hybridized carbons (Fsp3) is 0.395. The summed E-state index contributed by atoms with van der Waals surface area (Å²) in [5.74, 6) is -0.868. The number of amides is 4. The number of hydrogen-bond acceptors (Lipinski definition) is 15. The van der Waals surface area contributed by atoms with E-state index < -0.39 is 39.7 Å². The zero-order valence-corrected chi connectivity index (χ0v) is 36.7. The Labute approximate surface area is 370 Å². The van der Waals surface area contributed by atoms with Crippen LogP contribution in [0.1, 0.15) is 46.4 Å². The van der Waals surface area contributed by atoms with Crippen LogP contribution in [0.15, 0.2) is 66.9 Å². The van der Waals surface area contributed by atoms with Crippen LogP contribution >= 0.6 is 11.6 Å². The number of nitrogens with one attached hydrogen (secondary N) is 3. The van der Waals surface area contributed by atoms with Gasteiger partial charge in [0, 0.05) is 76.7 Å². The van der Waals surface area contributed by atoms with Gasteiger partial charge in [0.25, 0.3) is 11.8 Å². The van der Waals surface area contributed by atoms with E-state index in [2.05, 4.69) is 40.6 Å². The molecule has 4 aliphatic rings. The molecule has 4 amide bonds. The molecule has 18 nitrogen and oxygen atoms in total. The molecule has 1 unspecified atom stereocenters. The summed E-state index contributed by atoms with van der Waals surface area (Å²) in [5, 5.41) is 8.86. The topological polar surface area (TPSA) is 199 Å². The first-order valence-corrected chi connectivity index (χ1v) is 23.0. The minimum atomic E-state index is -3.51. The number of ether oxygens (including phenoxy) is 2. The van der Waals surface area contributed by atoms with Gasteiger partial charge in [0.2, 0.25) is 27.8 Å². The number of piperazine rings is 1. The van der Waals surface area contributed by atoms with Crippen LogP contribution < -0.4 is 34.8 Å². The van der Waals surface area contributed by atoms with Crippen LogP contribution in [0.4, 0.5) is 40.2 Å². The van der Waals surface area contributed by atoms with Crippen molar-refractivity contribution in [2.45, 2.75) is 37.8 Å². The maximum absolute atomic E-state index is 13.3. The Morgan fingerprint density at radius 2 is 1.56 bits per heavy atom. The zero-order chi connectivity index (χ0) is 44.4. The normalized spacial score (nSPS) is 18.7. The van der Waals surface area contributed by atoms with Crippen molar-refractivity contribution in [3.63, 3.8) is 0 Å². The summed E-state index contributed by atoms with van der Waals surface area (Å²) in [6.45, 7) is 6.35. The van der Waals surface area contributed by atoms with E-state index in [0.29, 0.717) is 35.2 Å². The second kappa shape index (κ2) is 18.4. The molecule has 3 fully saturated rings. The molecule has 4 aliphatic heterocycles. The molecule has 5 heterocycles. The molecule has 20 heteroatoms. The molecule has 63 heavy (non-hydrogen) atoms. The molecule has 3 aromatic carbocycles. The van der Waals surface area contributed by atoms with Gasteiger partial charge in [-0.25, -0.2) is 13.4 Å². The number of anilines is 7. The van der Waals surface area contributed by atoms with Crippen molar-refractivity contribution in [1.29, 1.82) is 0 Å². The van der Waals surface area contributed by atoms with Gasteiger partial charge in [-0.05, 0) is 61.7 Å². The summed E-state index contributed by atoms with van der Waals surface area (Å²) in [6.07, 6.45) is 4.58. The third-order valence-electron chi connectivity index (χ3n) is 11.9. The Morgan fingerprint density at radius 3 is 2.29 bits per heavy atom. The van der Waals surface area contributed by atoms with Crippen molar-refractivity contribution < 1.29 is 37.1 Å². The minimum absolute atomic E-state index is 0.0794. The molecule has 1 atom stereocenters. The van der Waals surface area contributed by atoms with Crippen molar-refractivity contribution >= 4 is 85.5 Å². The Morgan fingerprint density at radius 1 is 0.857 bits per heavy atom. The molecule has 3 saturated heterocycles. The van der Waals surface area contributed by atoms with Gasteiger partial charge in [0.05, 0.1) is 60.5 Å². The number of hydrogen-bond donors (Lipinski definition) is 3. The largest absolute Gasteiger partial charge is 0.494 e. The van der Waals surface area contributed by atoms with E-state index in [4.69, 9.17) is 21.1 Å². The number of aromatic nitrogens is 2. The lowest BCUT2D eigenvalue weighted by Gasteiger charge is -2.37. The molecule has 3 N–H and O–H groups in total. The average molecular weight is 901 g/mol. The molecule has 0 aliphatic carbocycles. The maximum atomic E-state index is 13.3. The summed E-state index contributed by atoms with van der Waals surface area (Å²) in [6, 6.07) is 17.1. The van der Waals surface area contributed by atoms with Crippen LogP contribution in [0.25, 0.3) is 0 Å². The standard InChI is InChI=1S/C43H49ClN10O8S/c1-50(63(3,59)60)35-7-5-4-6-33(35)46-39-32(44)26-45-43(49-39)47-34-11-9-28(25-37(34)61-2)53-20-18-51(19-21-53)22-23-62-29-14-16-52(17-15-29)27-8-10-30-31(24-27)42(58)54(41(30)57)36-12-13-38(55)48-40(36)56/h4-11,24-26,29,36H,12-23H2,1-3H3,(H,48,55,56)(H2,45,46,47,49). The lowest BCUT2D eigenvalue weighted by molar-refractivity contribution is -0.136. The number of carbonyl (C=O) groups is 4. The maximum Gasteiger partial charge on any atom is 0.262 e. The molecule has 1 aromatic heterocycles. The number of methoxy groups -OCH3 is 1.